The zero-order chi connectivity index (χ0) is 46.7. The van der Waals surface area contributed by atoms with Gasteiger partial charge < -0.3 is 31.2 Å². The molecule has 10 aromatic rings. The summed E-state index contributed by atoms with van der Waals surface area (Å²) in [5, 5.41) is 42.6. The number of nitrogens with two attached hydrogens (primary N) is 2. The molecule has 8 aromatic heterocycles. The average Bonchev–Trinajstić information content (AvgIpc) is 4.12. The third-order valence-electron chi connectivity index (χ3n) is 11.2. The summed E-state index contributed by atoms with van der Waals surface area (Å²) >= 11 is 13.0. The first kappa shape index (κ1) is 42.3. The maximum Gasteiger partial charge on any atom is 0.299 e. The smallest absolute Gasteiger partial charge is 0.299 e. The molecule has 24 nitrogen and oxygen atoms in total. The van der Waals surface area contributed by atoms with Crippen LogP contribution in [0.3, 0.4) is 0 Å². The summed E-state index contributed by atoms with van der Waals surface area (Å²) < 4.78 is 5.64. The minimum Gasteiger partial charge on any atom is -0.381 e. The van der Waals surface area contributed by atoms with Crippen LogP contribution in [0.2, 0.25) is 10.0 Å². The van der Waals surface area contributed by atoms with Gasteiger partial charge >= 0.3 is 0 Å². The van der Waals surface area contributed by atoms with E-state index >= 15 is 0 Å². The van der Waals surface area contributed by atoms with Gasteiger partial charge in [-0.2, -0.15) is 5.21 Å². The lowest BCUT2D eigenvalue weighted by Gasteiger charge is -2.20. The monoisotopic (exact) mass is 941 g/mol. The van der Waals surface area contributed by atoms with Crippen LogP contribution in [0.4, 0.5) is 11.6 Å². The molecule has 0 aliphatic carbocycles. The highest BCUT2D eigenvalue weighted by Crippen LogP contribution is 2.27. The zero-order valence-corrected chi connectivity index (χ0v) is 36.6. The summed E-state index contributed by atoms with van der Waals surface area (Å²) in [4.78, 5) is 66.0. The largest absolute Gasteiger partial charge is 0.381 e. The number of amides is 2. The number of rotatable bonds is 12. The Kier molecular flexibility index (Phi) is 10.6. The molecule has 0 spiro atoms. The van der Waals surface area contributed by atoms with Crippen molar-refractivity contribution in [3.05, 3.63) is 144 Å². The molecule has 2 atom stereocenters. The van der Waals surface area contributed by atoms with Gasteiger partial charge in [-0.15, -0.1) is 19.8 Å². The number of anilines is 2. The molecular weight excluding hydrogens is 907 g/mol. The van der Waals surface area contributed by atoms with E-state index in [-0.39, 0.29) is 86.2 Å². The number of benzene rings is 2. The van der Waals surface area contributed by atoms with Crippen molar-refractivity contribution in [1.29, 1.82) is 0 Å². The number of nitrogens with zero attached hydrogens (tertiary/aromatic N) is 14. The number of hydrogen-bond acceptors (Lipinski definition) is 15. The first-order chi connectivity index (χ1) is 32.4. The number of nitrogen functional groups attached to an aromatic ring is 2. The van der Waals surface area contributed by atoms with Crippen LogP contribution >= 0.6 is 23.2 Å². The number of hydrogen-bond donors (Lipinski definition) is 6. The van der Waals surface area contributed by atoms with Crippen LogP contribution < -0.4 is 38.0 Å². The van der Waals surface area contributed by atoms with E-state index in [2.05, 4.69) is 66.8 Å². The van der Waals surface area contributed by atoms with Crippen LogP contribution in [0, 0.1) is 0 Å². The van der Waals surface area contributed by atoms with Crippen molar-refractivity contribution in [2.24, 2.45) is 0 Å². The van der Waals surface area contributed by atoms with E-state index in [1.54, 1.807) is 80.7 Å². The molecule has 8 heterocycles. The van der Waals surface area contributed by atoms with E-state index in [4.69, 9.17) is 34.7 Å². The SMILES string of the molecule is CC(NC(=O)c1c(N)nn2cccnc12)c1cc2cccc(Cl)c2c(=O)n1Cc1n[nH][n+](-c2ccnc3c(C(=O)NC(C)c4cc5cccc(Cl)c5c(=O)n4CCc4nn[nH]n4)c(N)nn23)n1. The molecule has 8 N–H and O–H groups in total. The first-order valence-electron chi connectivity index (χ1n) is 20.4. The van der Waals surface area contributed by atoms with Crippen molar-refractivity contribution in [3.8, 4) is 5.82 Å². The van der Waals surface area contributed by atoms with E-state index < -0.39 is 29.5 Å². The maximum atomic E-state index is 14.3. The molecule has 0 saturated heterocycles. The van der Waals surface area contributed by atoms with E-state index in [9.17, 15) is 19.2 Å². The number of aromatic amines is 2. The fraction of sp³-hybridized carbons (Fsp3) is 0.171. The molecule has 10 rings (SSSR count). The molecule has 2 amide bonds. The number of H-pyrrole nitrogens is 2. The number of nitrogens with one attached hydrogen (secondary N) is 4. The number of carbonyl (C=O) groups excluding carboxylic acids is 2. The molecule has 2 aromatic carbocycles. The van der Waals surface area contributed by atoms with Crippen molar-refractivity contribution >= 4 is 79.5 Å². The maximum absolute atomic E-state index is 14.3. The van der Waals surface area contributed by atoms with Crippen LogP contribution in [0.25, 0.3) is 38.7 Å². The average molecular weight is 943 g/mol. The quantitative estimate of drug-likeness (QED) is 0.0955. The lowest BCUT2D eigenvalue weighted by molar-refractivity contribution is -0.721. The normalized spacial score (nSPS) is 12.6. The number of tetrazole rings is 2. The molecule has 26 heteroatoms. The van der Waals surface area contributed by atoms with E-state index in [0.29, 0.717) is 33.4 Å². The Hall–Kier alpha value is -8.64. The Balaban J connectivity index is 0.949. The molecule has 0 radical (unpaired) electrons. The Morgan fingerprint density at radius 2 is 1.40 bits per heavy atom. The summed E-state index contributed by atoms with van der Waals surface area (Å²) in [6.45, 7) is 3.42. The highest BCUT2D eigenvalue weighted by Gasteiger charge is 2.29. The number of fused-ring (bicyclic) bond motifs is 4. The van der Waals surface area contributed by atoms with E-state index in [1.807, 2.05) is 0 Å². The Morgan fingerprint density at radius 3 is 2.07 bits per heavy atom. The van der Waals surface area contributed by atoms with Crippen molar-refractivity contribution < 1.29 is 14.4 Å². The van der Waals surface area contributed by atoms with Gasteiger partial charge in [0.15, 0.2) is 23.1 Å². The summed E-state index contributed by atoms with van der Waals surface area (Å²) in [5.74, 6) is -0.563. The molecule has 0 fully saturated rings. The van der Waals surface area contributed by atoms with Gasteiger partial charge in [0.2, 0.25) is 5.65 Å². The highest BCUT2D eigenvalue weighted by atomic mass is 35.5. The van der Waals surface area contributed by atoms with Crippen LogP contribution in [-0.4, -0.2) is 86.2 Å². The number of carbonyl (C=O) groups is 2. The van der Waals surface area contributed by atoms with Gasteiger partial charge in [0.05, 0.1) is 32.9 Å². The van der Waals surface area contributed by atoms with Crippen molar-refractivity contribution in [2.45, 2.75) is 45.4 Å². The number of aryl methyl sites for hydroxylation is 1. The third-order valence-corrected chi connectivity index (χ3v) is 11.8. The Morgan fingerprint density at radius 1 is 0.776 bits per heavy atom. The Labute approximate surface area is 384 Å². The van der Waals surface area contributed by atoms with Gasteiger partial charge in [0, 0.05) is 49.0 Å². The highest BCUT2D eigenvalue weighted by molar-refractivity contribution is 6.35. The third kappa shape index (κ3) is 7.47. The van der Waals surface area contributed by atoms with Crippen molar-refractivity contribution in [1.82, 2.24) is 85.0 Å². The number of halogens is 2. The van der Waals surface area contributed by atoms with Crippen molar-refractivity contribution in [2.75, 3.05) is 11.5 Å². The van der Waals surface area contributed by atoms with Crippen LogP contribution in [0.5, 0.6) is 0 Å². The molecule has 67 heavy (non-hydrogen) atoms. The lowest BCUT2D eigenvalue weighted by atomic mass is 10.1. The van der Waals surface area contributed by atoms with Gasteiger partial charge in [0.1, 0.15) is 17.7 Å². The van der Waals surface area contributed by atoms with Crippen LogP contribution in [-0.2, 0) is 19.5 Å². The van der Waals surface area contributed by atoms with Gasteiger partial charge in [0.25, 0.3) is 34.6 Å². The van der Waals surface area contributed by atoms with Gasteiger partial charge in [-0.05, 0) is 69.9 Å². The fourth-order valence-corrected chi connectivity index (χ4v) is 8.60. The summed E-state index contributed by atoms with van der Waals surface area (Å²) in [6, 6.07) is 15.5. The lowest BCUT2D eigenvalue weighted by Crippen LogP contribution is -2.39. The first-order valence-corrected chi connectivity index (χ1v) is 21.2. The second kappa shape index (κ2) is 16.7. The standard InChI is InChI=1S/C41H34Cl2N20O4/c1-19(25-16-21-6-3-8-23(42)30(21)40(66)59(25)15-11-27-50-56-57-51-27)48-39(65)33-35(45)55-62-29(10-13-47-37(33)62)63-53-28(52-58-63)18-60-26(17-22-7-4-9-24(43)31(22)41(60)67)20(2)49-38(64)32-34(44)54-61-14-5-12-46-36(32)61/h3-10,12-14,16-17,19-20H,11,15,18H2,1-2H3,(H7,44,45,48,49,50,51,54,55,56,57,64,65)/p+1. The second-order valence-corrected chi connectivity index (χ2v) is 16.2. The fourth-order valence-electron chi connectivity index (χ4n) is 8.07. The topological polar surface area (TPSA) is 315 Å². The van der Waals surface area contributed by atoms with Gasteiger partial charge in [-0.3, -0.25) is 19.2 Å². The van der Waals surface area contributed by atoms with Crippen LogP contribution in [0.1, 0.15) is 69.7 Å². The molecule has 0 aliphatic heterocycles. The number of pyridine rings is 2. The molecule has 0 bridgehead atoms. The van der Waals surface area contributed by atoms with Crippen LogP contribution in [0.15, 0.2) is 88.8 Å². The summed E-state index contributed by atoms with van der Waals surface area (Å²) in [5.41, 5.74) is 13.0. The minimum atomic E-state index is -0.768. The Bertz CT molecular complexity index is 3730. The second-order valence-electron chi connectivity index (χ2n) is 15.3. The molecule has 0 aliphatic rings. The molecular formula is C41H35Cl2N20O4+. The van der Waals surface area contributed by atoms with Gasteiger partial charge in [-0.25, -0.2) is 14.5 Å². The summed E-state index contributed by atoms with van der Waals surface area (Å²) in [7, 11) is 0. The van der Waals surface area contributed by atoms with Gasteiger partial charge in [-0.1, -0.05) is 63.0 Å². The van der Waals surface area contributed by atoms with E-state index in [1.165, 1.54) is 35.4 Å². The summed E-state index contributed by atoms with van der Waals surface area (Å²) in [6.07, 6.45) is 4.85. The number of aromatic nitrogens is 16. The van der Waals surface area contributed by atoms with E-state index in [0.717, 1.165) is 0 Å². The van der Waals surface area contributed by atoms with Crippen molar-refractivity contribution in [3.63, 3.8) is 0 Å². The minimum absolute atomic E-state index is 0.0177. The molecule has 2 unspecified atom stereocenters. The predicted octanol–water partition coefficient (Wildman–Crippen LogP) is 2.05. The molecule has 336 valence electrons. The predicted molar refractivity (Wildman–Crippen MR) is 241 cm³/mol. The zero-order valence-electron chi connectivity index (χ0n) is 35.1. The molecule has 0 saturated carbocycles.